The molecular formula is C12H14O6. The van der Waals surface area contributed by atoms with Gasteiger partial charge in [0.05, 0.1) is 14.2 Å². The largest absolute Gasteiger partial charge is 0.493 e. The second-order valence-electron chi connectivity index (χ2n) is 3.96. The Hall–Kier alpha value is -1.95. The van der Waals surface area contributed by atoms with Crippen LogP contribution in [0.1, 0.15) is 5.56 Å². The molecule has 0 radical (unpaired) electrons. The van der Waals surface area contributed by atoms with Crippen LogP contribution >= 0.6 is 0 Å². The van der Waals surface area contributed by atoms with Crippen molar-refractivity contribution in [3.63, 3.8) is 0 Å². The van der Waals surface area contributed by atoms with Crippen LogP contribution in [0.25, 0.3) is 0 Å². The number of hydrogen-bond acceptors (Lipinski definition) is 5. The van der Waals surface area contributed by atoms with Crippen molar-refractivity contribution in [2.45, 2.75) is 18.6 Å². The minimum absolute atomic E-state index is 0.201. The lowest BCUT2D eigenvalue weighted by molar-refractivity contribution is -0.151. The summed E-state index contributed by atoms with van der Waals surface area (Å²) < 4.78 is 15.5. The monoisotopic (exact) mass is 254 g/mol. The molecule has 0 saturated heterocycles. The lowest BCUT2D eigenvalue weighted by atomic mass is 9.99. The highest BCUT2D eigenvalue weighted by Crippen LogP contribution is 2.38. The highest BCUT2D eigenvalue weighted by Gasteiger charge is 2.34. The Morgan fingerprint density at radius 1 is 1.33 bits per heavy atom. The van der Waals surface area contributed by atoms with Gasteiger partial charge in [0.25, 0.3) is 0 Å². The van der Waals surface area contributed by atoms with E-state index in [1.807, 2.05) is 0 Å². The first kappa shape index (κ1) is 12.5. The van der Waals surface area contributed by atoms with Crippen LogP contribution in [0.4, 0.5) is 0 Å². The van der Waals surface area contributed by atoms with Crippen LogP contribution in [0, 0.1) is 0 Å². The molecule has 2 unspecified atom stereocenters. The number of methoxy groups -OCH3 is 2. The molecule has 0 amide bonds. The van der Waals surface area contributed by atoms with E-state index in [0.717, 1.165) is 0 Å². The van der Waals surface area contributed by atoms with Crippen molar-refractivity contribution in [3.8, 4) is 17.2 Å². The van der Waals surface area contributed by atoms with Crippen molar-refractivity contribution in [3.05, 3.63) is 17.7 Å². The van der Waals surface area contributed by atoms with E-state index < -0.39 is 18.2 Å². The number of carboxylic acids is 1. The number of carbonyl (C=O) groups is 1. The van der Waals surface area contributed by atoms with Gasteiger partial charge in [-0.25, -0.2) is 4.79 Å². The van der Waals surface area contributed by atoms with Crippen LogP contribution in [0.2, 0.25) is 0 Å². The molecule has 0 saturated carbocycles. The van der Waals surface area contributed by atoms with E-state index in [9.17, 15) is 9.90 Å². The van der Waals surface area contributed by atoms with Crippen molar-refractivity contribution in [1.82, 2.24) is 0 Å². The molecule has 1 aliphatic heterocycles. The number of aliphatic hydroxyl groups is 1. The third-order valence-electron chi connectivity index (χ3n) is 2.84. The summed E-state index contributed by atoms with van der Waals surface area (Å²) in [4.78, 5) is 10.9. The molecule has 1 aromatic carbocycles. The number of ether oxygens (including phenoxy) is 3. The molecule has 6 nitrogen and oxygen atoms in total. The van der Waals surface area contributed by atoms with Gasteiger partial charge in [-0.15, -0.1) is 0 Å². The van der Waals surface area contributed by atoms with E-state index in [-0.39, 0.29) is 6.42 Å². The SMILES string of the molecule is COc1cc2c(cc1OC)OC(C(=O)O)C(O)C2. The molecule has 0 bridgehead atoms. The molecule has 0 aliphatic carbocycles. The zero-order valence-corrected chi connectivity index (χ0v) is 10.0. The summed E-state index contributed by atoms with van der Waals surface area (Å²) in [6, 6.07) is 3.24. The van der Waals surface area contributed by atoms with Gasteiger partial charge in [-0.2, -0.15) is 0 Å². The summed E-state index contributed by atoms with van der Waals surface area (Å²) in [6.07, 6.45) is -2.13. The topological polar surface area (TPSA) is 85.2 Å². The van der Waals surface area contributed by atoms with E-state index in [1.165, 1.54) is 14.2 Å². The van der Waals surface area contributed by atoms with Crippen molar-refractivity contribution in [2.24, 2.45) is 0 Å². The summed E-state index contributed by atoms with van der Waals surface area (Å²) in [5.74, 6) is 0.172. The zero-order chi connectivity index (χ0) is 13.3. The van der Waals surface area contributed by atoms with Gasteiger partial charge in [-0.3, -0.25) is 0 Å². The first-order valence-electron chi connectivity index (χ1n) is 5.39. The first-order chi connectivity index (χ1) is 8.56. The molecule has 1 aliphatic rings. The van der Waals surface area contributed by atoms with Crippen LogP contribution in [0.15, 0.2) is 12.1 Å². The smallest absolute Gasteiger partial charge is 0.347 e. The minimum Gasteiger partial charge on any atom is -0.493 e. The van der Waals surface area contributed by atoms with Gasteiger partial charge >= 0.3 is 5.97 Å². The van der Waals surface area contributed by atoms with Crippen molar-refractivity contribution in [1.29, 1.82) is 0 Å². The maximum absolute atomic E-state index is 10.9. The fourth-order valence-corrected chi connectivity index (χ4v) is 1.93. The van der Waals surface area contributed by atoms with Crippen molar-refractivity contribution in [2.75, 3.05) is 14.2 Å². The van der Waals surface area contributed by atoms with Crippen LogP contribution in [-0.2, 0) is 11.2 Å². The quantitative estimate of drug-likeness (QED) is 0.814. The number of aliphatic carboxylic acids is 1. The average molecular weight is 254 g/mol. The molecule has 2 N–H and O–H groups in total. The Morgan fingerprint density at radius 3 is 2.50 bits per heavy atom. The third kappa shape index (κ3) is 2.06. The van der Waals surface area contributed by atoms with E-state index >= 15 is 0 Å². The summed E-state index contributed by atoms with van der Waals surface area (Å²) in [7, 11) is 2.99. The summed E-state index contributed by atoms with van der Waals surface area (Å²) >= 11 is 0. The number of fused-ring (bicyclic) bond motifs is 1. The van der Waals surface area contributed by atoms with Gasteiger partial charge in [0, 0.05) is 18.1 Å². The zero-order valence-electron chi connectivity index (χ0n) is 10.0. The molecule has 1 aromatic rings. The van der Waals surface area contributed by atoms with E-state index in [0.29, 0.717) is 22.8 Å². The Morgan fingerprint density at radius 2 is 1.94 bits per heavy atom. The number of carboxylic acid groups (broad SMARTS) is 1. The lowest BCUT2D eigenvalue weighted by Crippen LogP contribution is -2.43. The summed E-state index contributed by atoms with van der Waals surface area (Å²) in [5.41, 5.74) is 0.692. The maximum Gasteiger partial charge on any atom is 0.347 e. The normalized spacial score (nSPS) is 21.7. The number of hydrogen-bond donors (Lipinski definition) is 2. The number of rotatable bonds is 3. The molecule has 18 heavy (non-hydrogen) atoms. The standard InChI is InChI=1S/C12H14O6/c1-16-9-4-6-3-7(13)11(12(14)15)18-8(6)5-10(9)17-2/h4-5,7,11,13H,3H2,1-2H3,(H,14,15). The second kappa shape index (κ2) is 4.73. The minimum atomic E-state index is -1.25. The van der Waals surface area contributed by atoms with Crippen LogP contribution in [-0.4, -0.2) is 42.6 Å². The molecule has 0 fully saturated rings. The number of benzene rings is 1. The molecule has 1 heterocycles. The lowest BCUT2D eigenvalue weighted by Gasteiger charge is -2.28. The fourth-order valence-electron chi connectivity index (χ4n) is 1.93. The molecule has 0 aromatic heterocycles. The van der Waals surface area contributed by atoms with Crippen molar-refractivity contribution >= 4 is 5.97 Å². The van der Waals surface area contributed by atoms with Crippen LogP contribution < -0.4 is 14.2 Å². The van der Waals surface area contributed by atoms with Gasteiger partial charge in [-0.05, 0) is 6.07 Å². The molecule has 2 rings (SSSR count). The Labute approximate surface area is 104 Å². The van der Waals surface area contributed by atoms with E-state index in [4.69, 9.17) is 19.3 Å². The summed E-state index contributed by atoms with van der Waals surface area (Å²) in [6.45, 7) is 0. The van der Waals surface area contributed by atoms with Gasteiger partial charge in [0.2, 0.25) is 6.10 Å². The predicted molar refractivity (Wildman–Crippen MR) is 61.3 cm³/mol. The molecule has 0 spiro atoms. The van der Waals surface area contributed by atoms with Gasteiger partial charge in [0.15, 0.2) is 11.5 Å². The Kier molecular flexibility index (Phi) is 3.29. The maximum atomic E-state index is 10.9. The molecule has 6 heteroatoms. The van der Waals surface area contributed by atoms with Gasteiger partial charge in [0.1, 0.15) is 11.9 Å². The van der Waals surface area contributed by atoms with Gasteiger partial charge < -0.3 is 24.4 Å². The van der Waals surface area contributed by atoms with Gasteiger partial charge in [-0.1, -0.05) is 0 Å². The van der Waals surface area contributed by atoms with Crippen LogP contribution in [0.3, 0.4) is 0 Å². The fraction of sp³-hybridized carbons (Fsp3) is 0.417. The molecular weight excluding hydrogens is 240 g/mol. The Bertz CT molecular complexity index is 470. The van der Waals surface area contributed by atoms with Crippen LogP contribution in [0.5, 0.6) is 17.2 Å². The second-order valence-corrected chi connectivity index (χ2v) is 3.96. The predicted octanol–water partition coefficient (Wildman–Crippen LogP) is 0.453. The van der Waals surface area contributed by atoms with E-state index in [1.54, 1.807) is 12.1 Å². The molecule has 2 atom stereocenters. The Balaban J connectivity index is 2.40. The first-order valence-corrected chi connectivity index (χ1v) is 5.39. The third-order valence-corrected chi connectivity index (χ3v) is 2.84. The average Bonchev–Trinajstić information content (AvgIpc) is 2.36. The number of aliphatic hydroxyl groups excluding tert-OH is 1. The summed E-state index contributed by atoms with van der Waals surface area (Å²) in [5, 5.41) is 18.6. The molecule has 98 valence electrons. The van der Waals surface area contributed by atoms with Crippen molar-refractivity contribution < 1.29 is 29.2 Å². The van der Waals surface area contributed by atoms with E-state index in [2.05, 4.69) is 0 Å². The highest BCUT2D eigenvalue weighted by molar-refractivity contribution is 5.74. The highest BCUT2D eigenvalue weighted by atomic mass is 16.5.